The molecule has 1 amide bonds. The minimum atomic E-state index is -0.984. The van der Waals surface area contributed by atoms with Crippen molar-refractivity contribution < 1.29 is 19.4 Å². The Bertz CT molecular complexity index is 453. The molecule has 104 valence electrons. The smallest absolute Gasteiger partial charge is 0.325 e. The van der Waals surface area contributed by atoms with Gasteiger partial charge in [-0.2, -0.15) is 0 Å². The molecule has 1 fully saturated rings. The Hall–Kier alpha value is -1.96. The Balaban J connectivity index is 1.79. The zero-order chi connectivity index (χ0) is 13.7. The average molecular weight is 268 g/mol. The van der Waals surface area contributed by atoms with Crippen LogP contribution >= 0.6 is 0 Å². The molecule has 1 aliphatic rings. The van der Waals surface area contributed by atoms with Crippen LogP contribution in [0.3, 0.4) is 0 Å². The lowest BCUT2D eigenvalue weighted by Gasteiger charge is -2.20. The number of hydrogen-bond donors (Lipinski definition) is 2. The fourth-order valence-corrected chi connectivity index (χ4v) is 1.92. The Kier molecular flexibility index (Phi) is 4.45. The van der Waals surface area contributed by atoms with Gasteiger partial charge < -0.3 is 15.2 Å². The fourth-order valence-electron chi connectivity index (χ4n) is 1.92. The van der Waals surface area contributed by atoms with Gasteiger partial charge in [-0.3, -0.25) is 9.59 Å². The Labute approximate surface area is 109 Å². The molecule has 2 rings (SSSR count). The van der Waals surface area contributed by atoms with Crippen molar-refractivity contribution in [2.75, 3.05) is 13.2 Å². The van der Waals surface area contributed by atoms with Crippen LogP contribution in [0.4, 0.5) is 0 Å². The van der Waals surface area contributed by atoms with E-state index < -0.39 is 5.97 Å². The fraction of sp³-hybridized carbons (Fsp3) is 0.636. The van der Waals surface area contributed by atoms with Crippen LogP contribution in [0.5, 0.6) is 0 Å². The summed E-state index contributed by atoms with van der Waals surface area (Å²) in [5.41, 5.74) is 0.543. The molecule has 0 saturated carbocycles. The maximum Gasteiger partial charge on any atom is 0.325 e. The standard InChI is InChI=1S/C11H16N4O4/c16-10(17)7-15-6-9(13-14-15)5-12-11(18)8-1-3-19-4-2-8/h6,8H,1-5,7H2,(H,12,18)(H,16,17). The monoisotopic (exact) mass is 268 g/mol. The third-order valence-electron chi connectivity index (χ3n) is 2.92. The Morgan fingerprint density at radius 2 is 2.21 bits per heavy atom. The highest BCUT2D eigenvalue weighted by Crippen LogP contribution is 2.14. The van der Waals surface area contributed by atoms with E-state index in [0.29, 0.717) is 18.9 Å². The molecule has 19 heavy (non-hydrogen) atoms. The first-order valence-electron chi connectivity index (χ1n) is 6.11. The highest BCUT2D eigenvalue weighted by atomic mass is 16.5. The first kappa shape index (κ1) is 13.5. The predicted octanol–water partition coefficient (Wildman–Crippen LogP) is -0.594. The van der Waals surface area contributed by atoms with Crippen molar-refractivity contribution in [2.24, 2.45) is 5.92 Å². The van der Waals surface area contributed by atoms with Crippen LogP contribution < -0.4 is 5.32 Å². The van der Waals surface area contributed by atoms with Crippen molar-refractivity contribution in [3.8, 4) is 0 Å². The second kappa shape index (κ2) is 6.28. The van der Waals surface area contributed by atoms with Crippen LogP contribution in [0.1, 0.15) is 18.5 Å². The number of hydrogen-bond acceptors (Lipinski definition) is 5. The molecule has 1 aliphatic heterocycles. The zero-order valence-electron chi connectivity index (χ0n) is 10.4. The van der Waals surface area contributed by atoms with Crippen molar-refractivity contribution in [3.63, 3.8) is 0 Å². The molecule has 1 aromatic heterocycles. The van der Waals surface area contributed by atoms with Crippen molar-refractivity contribution in [1.29, 1.82) is 0 Å². The Morgan fingerprint density at radius 1 is 1.47 bits per heavy atom. The third-order valence-corrected chi connectivity index (χ3v) is 2.92. The molecule has 8 nitrogen and oxygen atoms in total. The van der Waals surface area contributed by atoms with Gasteiger partial charge in [0.25, 0.3) is 0 Å². The number of aliphatic carboxylic acids is 1. The van der Waals surface area contributed by atoms with Crippen molar-refractivity contribution in [2.45, 2.75) is 25.9 Å². The topological polar surface area (TPSA) is 106 Å². The molecule has 2 heterocycles. The second-order valence-electron chi connectivity index (χ2n) is 4.41. The maximum atomic E-state index is 11.8. The summed E-state index contributed by atoms with van der Waals surface area (Å²) in [4.78, 5) is 22.3. The average Bonchev–Trinajstić information content (AvgIpc) is 2.84. The lowest BCUT2D eigenvalue weighted by molar-refractivity contribution is -0.138. The molecule has 1 saturated heterocycles. The molecule has 8 heteroatoms. The molecule has 0 unspecified atom stereocenters. The van der Waals surface area contributed by atoms with Gasteiger partial charge in [0.15, 0.2) is 0 Å². The van der Waals surface area contributed by atoms with Crippen molar-refractivity contribution in [3.05, 3.63) is 11.9 Å². The summed E-state index contributed by atoms with van der Waals surface area (Å²) in [5.74, 6) is -1.01. The minimum absolute atomic E-state index is 0.0113. The van der Waals surface area contributed by atoms with Crippen molar-refractivity contribution in [1.82, 2.24) is 20.3 Å². The van der Waals surface area contributed by atoms with E-state index in [1.807, 2.05) is 0 Å². The summed E-state index contributed by atoms with van der Waals surface area (Å²) in [6.45, 7) is 1.26. The van der Waals surface area contributed by atoms with Gasteiger partial charge in [-0.25, -0.2) is 4.68 Å². The number of ether oxygens (including phenoxy) is 1. The lowest BCUT2D eigenvalue weighted by Crippen LogP contribution is -2.33. The van der Waals surface area contributed by atoms with Gasteiger partial charge >= 0.3 is 5.97 Å². The predicted molar refractivity (Wildman–Crippen MR) is 63.0 cm³/mol. The molecule has 1 aromatic rings. The number of rotatable bonds is 5. The van der Waals surface area contributed by atoms with Gasteiger partial charge in [-0.05, 0) is 12.8 Å². The molecule has 2 N–H and O–H groups in total. The minimum Gasteiger partial charge on any atom is -0.480 e. The van der Waals surface area contributed by atoms with Gasteiger partial charge in [-0.15, -0.1) is 5.10 Å². The molecule has 0 aromatic carbocycles. The van der Waals surface area contributed by atoms with E-state index in [9.17, 15) is 9.59 Å². The molecule has 0 radical (unpaired) electrons. The van der Waals surface area contributed by atoms with Crippen LogP contribution in [0, 0.1) is 5.92 Å². The molecule has 0 bridgehead atoms. The van der Waals surface area contributed by atoms with E-state index in [-0.39, 0.29) is 24.9 Å². The van der Waals surface area contributed by atoms with Crippen LogP contribution in [0.25, 0.3) is 0 Å². The number of nitrogens with zero attached hydrogens (tertiary/aromatic N) is 3. The molecular formula is C11H16N4O4. The summed E-state index contributed by atoms with van der Waals surface area (Å²) in [6, 6.07) is 0. The lowest BCUT2D eigenvalue weighted by atomic mass is 9.99. The second-order valence-corrected chi connectivity index (χ2v) is 4.41. The third kappa shape index (κ3) is 4.02. The van der Waals surface area contributed by atoms with E-state index in [1.165, 1.54) is 10.9 Å². The first-order chi connectivity index (χ1) is 9.15. The summed E-state index contributed by atoms with van der Waals surface area (Å²) < 4.78 is 6.41. The van der Waals surface area contributed by atoms with E-state index in [2.05, 4.69) is 15.6 Å². The van der Waals surface area contributed by atoms with Gasteiger partial charge in [0.1, 0.15) is 12.2 Å². The normalized spacial score (nSPS) is 16.2. The molecular weight excluding hydrogens is 252 g/mol. The first-order valence-corrected chi connectivity index (χ1v) is 6.11. The number of amides is 1. The SMILES string of the molecule is O=C(O)Cn1cc(CNC(=O)C2CCOCC2)nn1. The van der Waals surface area contributed by atoms with Crippen molar-refractivity contribution >= 4 is 11.9 Å². The molecule has 0 atom stereocenters. The number of carbonyl (C=O) groups is 2. The van der Waals surface area contributed by atoms with Crippen LogP contribution in [0.15, 0.2) is 6.20 Å². The number of carbonyl (C=O) groups excluding carboxylic acids is 1. The zero-order valence-corrected chi connectivity index (χ0v) is 10.4. The van der Waals surface area contributed by atoms with Gasteiger partial charge in [0.05, 0.1) is 12.7 Å². The van der Waals surface area contributed by atoms with E-state index in [1.54, 1.807) is 0 Å². The van der Waals surface area contributed by atoms with E-state index in [0.717, 1.165) is 12.8 Å². The number of aromatic nitrogens is 3. The van der Waals surface area contributed by atoms with E-state index >= 15 is 0 Å². The Morgan fingerprint density at radius 3 is 2.89 bits per heavy atom. The van der Waals surface area contributed by atoms with Gasteiger partial charge in [0.2, 0.25) is 5.91 Å². The van der Waals surface area contributed by atoms with E-state index in [4.69, 9.17) is 9.84 Å². The van der Waals surface area contributed by atoms with Crippen LogP contribution in [-0.2, 0) is 27.4 Å². The number of nitrogens with one attached hydrogen (secondary N) is 1. The van der Waals surface area contributed by atoms with Gasteiger partial charge in [0, 0.05) is 19.1 Å². The largest absolute Gasteiger partial charge is 0.480 e. The summed E-state index contributed by atoms with van der Waals surface area (Å²) in [7, 11) is 0. The number of carboxylic acids is 1. The highest BCUT2D eigenvalue weighted by Gasteiger charge is 2.21. The highest BCUT2D eigenvalue weighted by molar-refractivity contribution is 5.78. The van der Waals surface area contributed by atoms with Gasteiger partial charge in [-0.1, -0.05) is 5.21 Å². The summed E-state index contributed by atoms with van der Waals surface area (Å²) in [6.07, 6.45) is 2.98. The number of carboxylic acid groups (broad SMARTS) is 1. The summed E-state index contributed by atoms with van der Waals surface area (Å²) >= 11 is 0. The quantitative estimate of drug-likeness (QED) is 0.739. The summed E-state index contributed by atoms with van der Waals surface area (Å²) in [5, 5.41) is 18.8. The molecule has 0 aliphatic carbocycles. The molecule has 0 spiro atoms. The maximum absolute atomic E-state index is 11.8. The van der Waals surface area contributed by atoms with Crippen LogP contribution in [-0.4, -0.2) is 45.2 Å². The van der Waals surface area contributed by atoms with Crippen LogP contribution in [0.2, 0.25) is 0 Å².